The maximum Gasteiger partial charge on any atom is 0.451 e. The summed E-state index contributed by atoms with van der Waals surface area (Å²) >= 11 is 0. The van der Waals surface area contributed by atoms with E-state index in [4.69, 9.17) is 0 Å². The summed E-state index contributed by atoms with van der Waals surface area (Å²) in [4.78, 5) is 29.5. The lowest BCUT2D eigenvalue weighted by molar-refractivity contribution is -0.144. The van der Waals surface area contributed by atoms with E-state index < -0.39 is 35.0 Å². The van der Waals surface area contributed by atoms with Crippen molar-refractivity contribution in [2.24, 2.45) is 0 Å². The number of carbonyl (C=O) groups excluding carboxylic acids is 2. The number of halogens is 4. The van der Waals surface area contributed by atoms with Gasteiger partial charge in [0.1, 0.15) is 5.82 Å². The van der Waals surface area contributed by atoms with Gasteiger partial charge in [0.2, 0.25) is 17.6 Å². The molecule has 2 aromatic carbocycles. The SMILES string of the molecule is O=C(c1nnc(C(F)(F)F)[nH]1)N1CCCc2cc(C3(C(=O)Nc4ccc(F)cc4)CCC3)ccc21. The van der Waals surface area contributed by atoms with Crippen LogP contribution in [0.4, 0.5) is 28.9 Å². The smallest absolute Gasteiger partial charge is 0.325 e. The number of hydrogen-bond donors (Lipinski definition) is 2. The van der Waals surface area contributed by atoms with Gasteiger partial charge in [-0.15, -0.1) is 10.2 Å². The predicted octanol–water partition coefficient (Wildman–Crippen LogP) is 4.62. The second kappa shape index (κ2) is 8.47. The van der Waals surface area contributed by atoms with Crippen molar-refractivity contribution in [1.29, 1.82) is 0 Å². The van der Waals surface area contributed by atoms with E-state index in [0.29, 0.717) is 43.6 Å². The van der Waals surface area contributed by atoms with Crippen molar-refractivity contribution in [3.05, 3.63) is 71.1 Å². The van der Waals surface area contributed by atoms with E-state index in [9.17, 15) is 27.2 Å². The second-order valence-electron chi connectivity index (χ2n) is 8.82. The first kappa shape index (κ1) is 23.0. The fraction of sp³-hybridized carbons (Fsp3) is 0.333. The molecule has 0 spiro atoms. The minimum Gasteiger partial charge on any atom is -0.325 e. The van der Waals surface area contributed by atoms with Crippen molar-refractivity contribution < 1.29 is 27.2 Å². The zero-order valence-corrected chi connectivity index (χ0v) is 18.5. The third-order valence-corrected chi connectivity index (χ3v) is 6.70. The summed E-state index contributed by atoms with van der Waals surface area (Å²) < 4.78 is 51.8. The lowest BCUT2D eigenvalue weighted by atomic mass is 9.63. The Balaban J connectivity index is 1.40. The number of rotatable bonds is 4. The number of fused-ring (bicyclic) bond motifs is 1. The topological polar surface area (TPSA) is 91.0 Å². The Kier molecular flexibility index (Phi) is 5.57. The Morgan fingerprint density at radius 3 is 2.40 bits per heavy atom. The number of benzene rings is 2. The molecule has 0 atom stereocenters. The molecule has 7 nitrogen and oxygen atoms in total. The minimum absolute atomic E-state index is 0.180. The van der Waals surface area contributed by atoms with E-state index in [1.807, 2.05) is 11.1 Å². The van der Waals surface area contributed by atoms with Gasteiger partial charge in [-0.3, -0.25) is 9.59 Å². The first-order chi connectivity index (χ1) is 16.7. The molecule has 3 aromatic rings. The molecule has 1 aliphatic carbocycles. The number of alkyl halides is 3. The van der Waals surface area contributed by atoms with E-state index in [1.165, 1.54) is 29.2 Å². The van der Waals surface area contributed by atoms with Gasteiger partial charge in [-0.2, -0.15) is 13.2 Å². The third kappa shape index (κ3) is 4.15. The van der Waals surface area contributed by atoms with Gasteiger partial charge in [0.15, 0.2) is 0 Å². The second-order valence-corrected chi connectivity index (χ2v) is 8.82. The van der Waals surface area contributed by atoms with Crippen LogP contribution in [-0.4, -0.2) is 33.5 Å². The Labute approximate surface area is 197 Å². The predicted molar refractivity (Wildman–Crippen MR) is 118 cm³/mol. The lowest BCUT2D eigenvalue weighted by Gasteiger charge is -2.41. The molecule has 1 aliphatic heterocycles. The van der Waals surface area contributed by atoms with Crippen molar-refractivity contribution in [3.63, 3.8) is 0 Å². The monoisotopic (exact) mass is 487 g/mol. The molecule has 0 saturated heterocycles. The molecule has 0 unspecified atom stereocenters. The molecule has 1 saturated carbocycles. The number of amides is 2. The van der Waals surface area contributed by atoms with Crippen LogP contribution in [0, 0.1) is 5.82 Å². The van der Waals surface area contributed by atoms with Crippen molar-refractivity contribution >= 4 is 23.2 Å². The van der Waals surface area contributed by atoms with Gasteiger partial charge in [-0.25, -0.2) is 4.39 Å². The van der Waals surface area contributed by atoms with Crippen LogP contribution in [0.5, 0.6) is 0 Å². The number of aromatic nitrogens is 3. The molecule has 11 heteroatoms. The minimum atomic E-state index is -4.73. The van der Waals surface area contributed by atoms with Gasteiger partial charge in [0, 0.05) is 17.9 Å². The summed E-state index contributed by atoms with van der Waals surface area (Å²) in [5, 5.41) is 9.30. The largest absolute Gasteiger partial charge is 0.451 e. The van der Waals surface area contributed by atoms with Crippen molar-refractivity contribution in [2.45, 2.75) is 43.7 Å². The van der Waals surface area contributed by atoms with Crippen LogP contribution in [0.1, 0.15) is 53.3 Å². The van der Waals surface area contributed by atoms with E-state index in [-0.39, 0.29) is 5.91 Å². The van der Waals surface area contributed by atoms with Gasteiger partial charge in [-0.1, -0.05) is 18.6 Å². The zero-order chi connectivity index (χ0) is 24.8. The van der Waals surface area contributed by atoms with Crippen LogP contribution in [0.3, 0.4) is 0 Å². The highest BCUT2D eigenvalue weighted by molar-refractivity contribution is 6.04. The summed E-state index contributed by atoms with van der Waals surface area (Å²) in [6.45, 7) is 0.323. The van der Waals surface area contributed by atoms with Crippen LogP contribution in [0.15, 0.2) is 42.5 Å². The Bertz CT molecular complexity index is 1280. The highest BCUT2D eigenvalue weighted by atomic mass is 19.4. The fourth-order valence-corrected chi connectivity index (χ4v) is 4.68. The van der Waals surface area contributed by atoms with Crippen molar-refractivity contribution in [2.75, 3.05) is 16.8 Å². The summed E-state index contributed by atoms with van der Waals surface area (Å²) in [6.07, 6.45) is -1.28. The highest BCUT2D eigenvalue weighted by Crippen LogP contribution is 2.46. The van der Waals surface area contributed by atoms with Crippen molar-refractivity contribution in [3.8, 4) is 0 Å². The molecule has 5 rings (SSSR count). The molecule has 2 heterocycles. The maximum atomic E-state index is 13.2. The summed E-state index contributed by atoms with van der Waals surface area (Å²) in [5.74, 6) is -3.08. The van der Waals surface area contributed by atoms with Crippen LogP contribution >= 0.6 is 0 Å². The van der Waals surface area contributed by atoms with Crippen LogP contribution in [0.2, 0.25) is 0 Å². The molecule has 1 fully saturated rings. The molecular formula is C24H21F4N5O2. The van der Waals surface area contributed by atoms with Gasteiger partial charge in [0.25, 0.3) is 5.91 Å². The average Bonchev–Trinajstić information content (AvgIpc) is 3.30. The van der Waals surface area contributed by atoms with E-state index in [2.05, 4.69) is 15.5 Å². The molecule has 2 N–H and O–H groups in total. The molecule has 182 valence electrons. The van der Waals surface area contributed by atoms with Gasteiger partial charge in [0.05, 0.1) is 5.41 Å². The van der Waals surface area contributed by atoms with Crippen LogP contribution in [0.25, 0.3) is 0 Å². The lowest BCUT2D eigenvalue weighted by Crippen LogP contribution is -2.46. The molecule has 0 radical (unpaired) electrons. The Hall–Kier alpha value is -3.76. The number of nitrogens with one attached hydrogen (secondary N) is 2. The maximum absolute atomic E-state index is 13.2. The summed E-state index contributed by atoms with van der Waals surface area (Å²) in [5.41, 5.74) is 1.99. The number of hydrogen-bond acceptors (Lipinski definition) is 4. The quantitative estimate of drug-likeness (QED) is 0.526. The standard InChI is InChI=1S/C24H21F4N5O2/c25-16-5-7-17(8-6-16)29-22(35)23(10-2-11-23)15-4-9-18-14(13-15)3-1-12-33(18)20(34)19-30-21(32-31-19)24(26,27)28/h4-9,13H,1-3,10-12H2,(H,29,35)(H,30,31,32). The number of H-pyrrole nitrogens is 1. The molecular weight excluding hydrogens is 466 g/mol. The number of carbonyl (C=O) groups is 2. The molecule has 1 aromatic heterocycles. The molecule has 35 heavy (non-hydrogen) atoms. The Morgan fingerprint density at radius 2 is 1.77 bits per heavy atom. The van der Waals surface area contributed by atoms with Gasteiger partial charge >= 0.3 is 6.18 Å². The van der Waals surface area contributed by atoms with E-state index in [1.54, 1.807) is 12.1 Å². The normalized spacial score (nSPS) is 16.9. The van der Waals surface area contributed by atoms with Gasteiger partial charge in [-0.05, 0) is 67.1 Å². The van der Waals surface area contributed by atoms with Crippen molar-refractivity contribution in [1.82, 2.24) is 15.2 Å². The van der Waals surface area contributed by atoms with E-state index in [0.717, 1.165) is 17.5 Å². The molecule has 2 aliphatic rings. The fourth-order valence-electron chi connectivity index (χ4n) is 4.68. The number of anilines is 2. The number of aryl methyl sites for hydroxylation is 1. The van der Waals surface area contributed by atoms with Crippen LogP contribution in [-0.2, 0) is 22.8 Å². The summed E-state index contributed by atoms with van der Waals surface area (Å²) in [6, 6.07) is 11.0. The first-order valence-electron chi connectivity index (χ1n) is 11.2. The third-order valence-electron chi connectivity index (χ3n) is 6.70. The zero-order valence-electron chi connectivity index (χ0n) is 18.5. The van der Waals surface area contributed by atoms with Gasteiger partial charge < -0.3 is 15.2 Å². The highest BCUT2D eigenvalue weighted by Gasteiger charge is 2.46. The molecule has 2 amide bonds. The van der Waals surface area contributed by atoms with Crippen LogP contribution < -0.4 is 10.2 Å². The number of nitrogens with zero attached hydrogens (tertiary/aromatic N) is 3. The summed E-state index contributed by atoms with van der Waals surface area (Å²) in [7, 11) is 0. The number of aromatic amines is 1. The average molecular weight is 487 g/mol. The first-order valence-corrected chi connectivity index (χ1v) is 11.2. The van der Waals surface area contributed by atoms with E-state index >= 15 is 0 Å². The Morgan fingerprint density at radius 1 is 1.03 bits per heavy atom. The molecule has 0 bridgehead atoms.